The Hall–Kier alpha value is -1.89. The molecule has 0 aromatic carbocycles. The van der Waals surface area contributed by atoms with Crippen LogP contribution >= 0.6 is 11.6 Å². The number of carbonyl (C=O) groups is 2. The van der Waals surface area contributed by atoms with Gasteiger partial charge in [-0.3, -0.25) is 14.4 Å². The quantitative estimate of drug-likeness (QED) is 0.775. The molecule has 2 heterocycles. The van der Waals surface area contributed by atoms with E-state index < -0.39 is 5.38 Å². The van der Waals surface area contributed by atoms with Gasteiger partial charge in [0.25, 0.3) is 11.5 Å². The first kappa shape index (κ1) is 15.5. The van der Waals surface area contributed by atoms with Crippen LogP contribution in [0.3, 0.4) is 0 Å². The van der Waals surface area contributed by atoms with Crippen molar-refractivity contribution in [3.05, 3.63) is 28.2 Å². The molecule has 21 heavy (non-hydrogen) atoms. The first-order valence-electron chi connectivity index (χ1n) is 6.77. The van der Waals surface area contributed by atoms with Crippen molar-refractivity contribution in [2.75, 3.05) is 13.1 Å². The predicted molar refractivity (Wildman–Crippen MR) is 77.2 cm³/mol. The Bertz CT molecular complexity index is 559. The molecular weight excluding hydrogens is 296 g/mol. The number of alkyl halides is 1. The molecule has 2 amide bonds. The summed E-state index contributed by atoms with van der Waals surface area (Å²) in [7, 11) is 0. The average molecular weight is 313 g/mol. The monoisotopic (exact) mass is 312 g/mol. The smallest absolute Gasteiger partial charge is 0.274 e. The Morgan fingerprint density at radius 2 is 2.10 bits per heavy atom. The van der Waals surface area contributed by atoms with Crippen molar-refractivity contribution < 1.29 is 9.59 Å². The minimum atomic E-state index is -0.560. The van der Waals surface area contributed by atoms with Gasteiger partial charge in [-0.1, -0.05) is 0 Å². The van der Waals surface area contributed by atoms with Crippen LogP contribution in [0.15, 0.2) is 16.9 Å². The van der Waals surface area contributed by atoms with Gasteiger partial charge in [-0.05, 0) is 25.8 Å². The summed E-state index contributed by atoms with van der Waals surface area (Å²) in [5.41, 5.74) is -0.130. The van der Waals surface area contributed by atoms with E-state index in [1.165, 1.54) is 12.1 Å². The van der Waals surface area contributed by atoms with E-state index in [1.54, 1.807) is 11.8 Å². The van der Waals surface area contributed by atoms with E-state index >= 15 is 0 Å². The number of aromatic amines is 1. The van der Waals surface area contributed by atoms with Crippen molar-refractivity contribution in [2.45, 2.75) is 31.2 Å². The van der Waals surface area contributed by atoms with Gasteiger partial charge >= 0.3 is 0 Å². The van der Waals surface area contributed by atoms with Gasteiger partial charge in [-0.15, -0.1) is 11.6 Å². The van der Waals surface area contributed by atoms with E-state index in [4.69, 9.17) is 11.6 Å². The lowest BCUT2D eigenvalue weighted by Crippen LogP contribution is -2.48. The Labute approximate surface area is 126 Å². The van der Waals surface area contributed by atoms with Crippen LogP contribution in [-0.4, -0.2) is 51.4 Å². The lowest BCUT2D eigenvalue weighted by Gasteiger charge is -2.32. The van der Waals surface area contributed by atoms with Crippen molar-refractivity contribution in [2.24, 2.45) is 0 Å². The second-order valence-corrected chi connectivity index (χ2v) is 5.65. The van der Waals surface area contributed by atoms with Gasteiger partial charge in [0, 0.05) is 25.2 Å². The number of likely N-dealkylation sites (tertiary alicyclic amines) is 1. The van der Waals surface area contributed by atoms with Crippen LogP contribution in [0.2, 0.25) is 0 Å². The van der Waals surface area contributed by atoms with Crippen molar-refractivity contribution in [3.8, 4) is 0 Å². The van der Waals surface area contributed by atoms with E-state index in [0.29, 0.717) is 25.9 Å². The van der Waals surface area contributed by atoms with Crippen LogP contribution in [0.1, 0.15) is 30.3 Å². The summed E-state index contributed by atoms with van der Waals surface area (Å²) in [5, 5.41) is 8.26. The maximum atomic E-state index is 12.2. The fourth-order valence-electron chi connectivity index (χ4n) is 2.17. The predicted octanol–water partition coefficient (Wildman–Crippen LogP) is 0.118. The zero-order chi connectivity index (χ0) is 15.4. The molecule has 1 aromatic heterocycles. The van der Waals surface area contributed by atoms with Crippen LogP contribution in [0.25, 0.3) is 0 Å². The number of piperidine rings is 1. The molecule has 1 aromatic rings. The number of amides is 2. The zero-order valence-electron chi connectivity index (χ0n) is 11.6. The first-order chi connectivity index (χ1) is 9.97. The molecule has 0 radical (unpaired) electrons. The molecule has 7 nitrogen and oxygen atoms in total. The number of rotatable bonds is 3. The van der Waals surface area contributed by atoms with E-state index in [0.717, 1.165) is 0 Å². The van der Waals surface area contributed by atoms with Crippen molar-refractivity contribution in [3.63, 3.8) is 0 Å². The molecule has 1 saturated heterocycles. The topological polar surface area (TPSA) is 95.2 Å². The van der Waals surface area contributed by atoms with Gasteiger partial charge < -0.3 is 10.2 Å². The fourth-order valence-corrected chi connectivity index (χ4v) is 2.23. The fraction of sp³-hybridized carbons (Fsp3) is 0.538. The number of nitrogens with zero attached hydrogens (tertiary/aromatic N) is 2. The third-order valence-corrected chi connectivity index (χ3v) is 3.59. The van der Waals surface area contributed by atoms with Crippen LogP contribution < -0.4 is 10.9 Å². The summed E-state index contributed by atoms with van der Waals surface area (Å²) in [5.74, 6) is -0.412. The van der Waals surface area contributed by atoms with Gasteiger partial charge in [0.15, 0.2) is 0 Å². The second-order valence-electron chi connectivity index (χ2n) is 5.00. The Morgan fingerprint density at radius 3 is 2.62 bits per heavy atom. The van der Waals surface area contributed by atoms with Crippen LogP contribution in [-0.2, 0) is 4.79 Å². The van der Waals surface area contributed by atoms with Gasteiger partial charge in [0.2, 0.25) is 5.91 Å². The maximum absolute atomic E-state index is 12.2. The normalized spacial score (nSPS) is 17.3. The number of aromatic nitrogens is 2. The van der Waals surface area contributed by atoms with E-state index in [-0.39, 0.29) is 29.1 Å². The van der Waals surface area contributed by atoms with Crippen LogP contribution in [0.5, 0.6) is 0 Å². The zero-order valence-corrected chi connectivity index (χ0v) is 12.4. The summed E-state index contributed by atoms with van der Waals surface area (Å²) >= 11 is 5.71. The van der Waals surface area contributed by atoms with Gasteiger partial charge in [-0.25, -0.2) is 5.10 Å². The van der Waals surface area contributed by atoms with Gasteiger partial charge in [-0.2, -0.15) is 5.10 Å². The molecule has 1 unspecified atom stereocenters. The van der Waals surface area contributed by atoms with E-state index in [1.807, 2.05) is 0 Å². The molecule has 0 spiro atoms. The average Bonchev–Trinajstić information content (AvgIpc) is 2.48. The van der Waals surface area contributed by atoms with Gasteiger partial charge in [0.1, 0.15) is 11.1 Å². The summed E-state index contributed by atoms with van der Waals surface area (Å²) in [6.45, 7) is 2.68. The molecule has 0 bridgehead atoms. The Morgan fingerprint density at radius 1 is 1.43 bits per heavy atom. The highest BCUT2D eigenvalue weighted by Crippen LogP contribution is 2.13. The highest BCUT2D eigenvalue weighted by atomic mass is 35.5. The minimum absolute atomic E-state index is 0.0336. The number of carbonyl (C=O) groups excluding carboxylic acids is 2. The van der Waals surface area contributed by atoms with E-state index in [9.17, 15) is 14.4 Å². The molecule has 0 saturated carbocycles. The van der Waals surface area contributed by atoms with E-state index in [2.05, 4.69) is 15.5 Å². The highest BCUT2D eigenvalue weighted by Gasteiger charge is 2.26. The third-order valence-electron chi connectivity index (χ3n) is 3.39. The minimum Gasteiger partial charge on any atom is -0.352 e. The molecule has 2 rings (SSSR count). The van der Waals surface area contributed by atoms with Crippen LogP contribution in [0, 0.1) is 0 Å². The lowest BCUT2D eigenvalue weighted by molar-refractivity contribution is -0.121. The SMILES string of the molecule is CC(Cl)C(=O)NC1CCN(C(=O)c2ccc(=O)[nH]n2)CC1. The second kappa shape index (κ2) is 6.71. The molecule has 8 heteroatoms. The third kappa shape index (κ3) is 4.04. The number of nitrogens with one attached hydrogen (secondary N) is 2. The molecular formula is C13H17ClN4O3. The molecule has 2 N–H and O–H groups in total. The summed E-state index contributed by atoms with van der Waals surface area (Å²) < 4.78 is 0. The summed E-state index contributed by atoms with van der Waals surface area (Å²) in [4.78, 5) is 36.3. The number of halogens is 1. The molecule has 114 valence electrons. The lowest BCUT2D eigenvalue weighted by atomic mass is 10.0. The number of hydrogen-bond acceptors (Lipinski definition) is 4. The number of H-pyrrole nitrogens is 1. The molecule has 1 aliphatic rings. The molecule has 1 atom stereocenters. The number of hydrogen-bond donors (Lipinski definition) is 2. The van der Waals surface area contributed by atoms with Crippen LogP contribution in [0.4, 0.5) is 0 Å². The highest BCUT2D eigenvalue weighted by molar-refractivity contribution is 6.30. The van der Waals surface area contributed by atoms with Crippen molar-refractivity contribution in [1.29, 1.82) is 0 Å². The summed E-state index contributed by atoms with van der Waals surface area (Å²) in [6.07, 6.45) is 1.34. The largest absolute Gasteiger partial charge is 0.352 e. The summed E-state index contributed by atoms with van der Waals surface area (Å²) in [6, 6.07) is 2.71. The van der Waals surface area contributed by atoms with Crippen molar-refractivity contribution in [1.82, 2.24) is 20.4 Å². The van der Waals surface area contributed by atoms with Crippen molar-refractivity contribution >= 4 is 23.4 Å². The Balaban J connectivity index is 1.89. The Kier molecular flexibility index (Phi) is 4.95. The molecule has 0 aliphatic carbocycles. The molecule has 1 aliphatic heterocycles. The first-order valence-corrected chi connectivity index (χ1v) is 7.20. The van der Waals surface area contributed by atoms with Gasteiger partial charge in [0.05, 0.1) is 0 Å². The standard InChI is InChI=1S/C13H17ClN4O3/c1-8(14)12(20)15-9-4-6-18(7-5-9)13(21)10-2-3-11(19)17-16-10/h2-3,8-9H,4-7H2,1H3,(H,15,20)(H,17,19). The molecule has 1 fully saturated rings. The maximum Gasteiger partial charge on any atom is 0.274 e.